The van der Waals surface area contributed by atoms with Crippen LogP contribution in [0.4, 0.5) is 0 Å². The van der Waals surface area contributed by atoms with E-state index in [-0.39, 0.29) is 6.04 Å². The van der Waals surface area contributed by atoms with E-state index in [0.717, 1.165) is 29.8 Å². The zero-order valence-corrected chi connectivity index (χ0v) is 12.9. The van der Waals surface area contributed by atoms with E-state index in [1.165, 1.54) is 0 Å². The van der Waals surface area contributed by atoms with E-state index in [1.807, 2.05) is 24.3 Å². The molecule has 0 saturated carbocycles. The molecule has 0 radical (unpaired) electrons. The number of nitrogens with one attached hydrogen (secondary N) is 2. The topological polar surface area (TPSA) is 58.2 Å². The van der Waals surface area contributed by atoms with Crippen molar-refractivity contribution in [2.45, 2.75) is 39.2 Å². The number of hydrogen-bond acceptors (Lipinski definition) is 2. The third kappa shape index (κ3) is 6.92. The molecule has 0 atom stereocenters. The van der Waals surface area contributed by atoms with Crippen LogP contribution in [0, 0.1) is 0 Å². The van der Waals surface area contributed by atoms with E-state index in [2.05, 4.69) is 9.44 Å². The highest BCUT2D eigenvalue weighted by molar-refractivity contribution is 7.87. The number of unbranched alkanes of at least 4 members (excludes halogenated alkanes) is 1. The fourth-order valence-corrected chi connectivity index (χ4v) is 3.05. The quantitative estimate of drug-likeness (QED) is 0.725. The van der Waals surface area contributed by atoms with Crippen LogP contribution in [0.2, 0.25) is 5.02 Å². The molecule has 108 valence electrons. The third-order valence-electron chi connectivity index (χ3n) is 2.51. The van der Waals surface area contributed by atoms with Gasteiger partial charge in [0.15, 0.2) is 0 Å². The van der Waals surface area contributed by atoms with Gasteiger partial charge in [-0.15, -0.1) is 0 Å². The Balaban J connectivity index is 2.24. The van der Waals surface area contributed by atoms with Gasteiger partial charge in [-0.3, -0.25) is 0 Å². The molecule has 0 heterocycles. The maximum atomic E-state index is 11.5. The van der Waals surface area contributed by atoms with E-state index >= 15 is 0 Å². The first-order valence-electron chi connectivity index (χ1n) is 6.41. The van der Waals surface area contributed by atoms with Crippen LogP contribution in [0.15, 0.2) is 24.3 Å². The standard InChI is InChI=1S/C13H21ClN2O2S/c1-11(2)16-19(17,18)15-10-6-5-8-12-7-3-4-9-13(12)14/h3-4,7,9,11,15-16H,5-6,8,10H2,1-2H3. The molecule has 0 aliphatic rings. The molecule has 4 nitrogen and oxygen atoms in total. The molecule has 2 N–H and O–H groups in total. The Kier molecular flexibility index (Phi) is 6.79. The zero-order valence-electron chi connectivity index (χ0n) is 11.3. The van der Waals surface area contributed by atoms with Crippen molar-refractivity contribution >= 4 is 21.8 Å². The van der Waals surface area contributed by atoms with Gasteiger partial charge in [0.25, 0.3) is 10.2 Å². The number of aryl methyl sites for hydroxylation is 1. The lowest BCUT2D eigenvalue weighted by Crippen LogP contribution is -2.40. The van der Waals surface area contributed by atoms with Gasteiger partial charge in [-0.05, 0) is 44.7 Å². The summed E-state index contributed by atoms with van der Waals surface area (Å²) < 4.78 is 28.0. The Hall–Kier alpha value is -0.620. The summed E-state index contributed by atoms with van der Waals surface area (Å²) >= 11 is 6.05. The van der Waals surface area contributed by atoms with Gasteiger partial charge in [0.2, 0.25) is 0 Å². The Bertz CT molecular complexity index is 489. The molecule has 6 heteroatoms. The molecule has 1 aromatic carbocycles. The van der Waals surface area contributed by atoms with Crippen molar-refractivity contribution in [1.29, 1.82) is 0 Å². The van der Waals surface area contributed by atoms with Crippen molar-refractivity contribution in [2.24, 2.45) is 0 Å². The molecule has 0 saturated heterocycles. The fourth-order valence-electron chi connectivity index (χ4n) is 1.70. The molecule has 0 spiro atoms. The van der Waals surface area contributed by atoms with E-state index in [4.69, 9.17) is 11.6 Å². The molecular formula is C13H21ClN2O2S. The van der Waals surface area contributed by atoms with Crippen LogP contribution in [0.5, 0.6) is 0 Å². The number of rotatable bonds is 8. The molecule has 0 unspecified atom stereocenters. The van der Waals surface area contributed by atoms with Crippen LogP contribution < -0.4 is 9.44 Å². The van der Waals surface area contributed by atoms with Gasteiger partial charge < -0.3 is 0 Å². The van der Waals surface area contributed by atoms with Crippen molar-refractivity contribution in [3.05, 3.63) is 34.9 Å². The average Bonchev–Trinajstić information content (AvgIpc) is 2.29. The van der Waals surface area contributed by atoms with Crippen LogP contribution >= 0.6 is 11.6 Å². The van der Waals surface area contributed by atoms with Gasteiger partial charge in [0.05, 0.1) is 0 Å². The zero-order chi connectivity index (χ0) is 14.3. The number of halogens is 1. The first-order chi connectivity index (χ1) is 8.91. The molecule has 1 aromatic rings. The second kappa shape index (κ2) is 7.85. The molecule has 0 bridgehead atoms. The normalized spacial score (nSPS) is 12.0. The van der Waals surface area contributed by atoms with Crippen LogP contribution in [-0.2, 0) is 16.6 Å². The summed E-state index contributed by atoms with van der Waals surface area (Å²) in [6.07, 6.45) is 2.54. The van der Waals surface area contributed by atoms with Gasteiger partial charge in [0, 0.05) is 17.6 Å². The summed E-state index contributed by atoms with van der Waals surface area (Å²) in [6.45, 7) is 4.01. The van der Waals surface area contributed by atoms with Crippen molar-refractivity contribution in [1.82, 2.24) is 9.44 Å². The summed E-state index contributed by atoms with van der Waals surface area (Å²) in [6, 6.07) is 7.62. The monoisotopic (exact) mass is 304 g/mol. The molecule has 0 aliphatic heterocycles. The second-order valence-corrected chi connectivity index (χ2v) is 6.66. The Labute approximate surface area is 120 Å². The average molecular weight is 305 g/mol. The molecule has 0 amide bonds. The largest absolute Gasteiger partial charge is 0.277 e. The number of hydrogen-bond donors (Lipinski definition) is 2. The van der Waals surface area contributed by atoms with E-state index < -0.39 is 10.2 Å². The van der Waals surface area contributed by atoms with Gasteiger partial charge in [-0.1, -0.05) is 29.8 Å². The molecule has 0 aliphatic carbocycles. The van der Waals surface area contributed by atoms with Gasteiger partial charge in [-0.2, -0.15) is 13.1 Å². The van der Waals surface area contributed by atoms with Crippen molar-refractivity contribution in [2.75, 3.05) is 6.54 Å². The van der Waals surface area contributed by atoms with Crippen LogP contribution in [-0.4, -0.2) is 21.0 Å². The summed E-state index contributed by atoms with van der Waals surface area (Å²) in [7, 11) is -3.36. The first-order valence-corrected chi connectivity index (χ1v) is 8.27. The van der Waals surface area contributed by atoms with Gasteiger partial charge >= 0.3 is 0 Å². The van der Waals surface area contributed by atoms with Crippen molar-refractivity contribution in [3.63, 3.8) is 0 Å². The Morgan fingerprint density at radius 2 is 1.89 bits per heavy atom. The highest BCUT2D eigenvalue weighted by Gasteiger charge is 2.09. The smallest absolute Gasteiger partial charge is 0.202 e. The lowest BCUT2D eigenvalue weighted by Gasteiger charge is -2.10. The van der Waals surface area contributed by atoms with Crippen LogP contribution in [0.1, 0.15) is 32.3 Å². The van der Waals surface area contributed by atoms with E-state index in [9.17, 15) is 8.42 Å². The van der Waals surface area contributed by atoms with Crippen molar-refractivity contribution in [3.8, 4) is 0 Å². The minimum absolute atomic E-state index is 0.0966. The second-order valence-electron chi connectivity index (χ2n) is 4.72. The van der Waals surface area contributed by atoms with E-state index in [0.29, 0.717) is 6.54 Å². The summed E-state index contributed by atoms with van der Waals surface area (Å²) in [4.78, 5) is 0. The molecule has 19 heavy (non-hydrogen) atoms. The maximum absolute atomic E-state index is 11.5. The van der Waals surface area contributed by atoms with Crippen LogP contribution in [0.3, 0.4) is 0 Å². The SMILES string of the molecule is CC(C)NS(=O)(=O)NCCCCc1ccccc1Cl. The van der Waals surface area contributed by atoms with Gasteiger partial charge in [0.1, 0.15) is 0 Å². The molecule has 0 fully saturated rings. The molecule has 0 aromatic heterocycles. The minimum atomic E-state index is -3.36. The molecule has 1 rings (SSSR count). The van der Waals surface area contributed by atoms with Crippen LogP contribution in [0.25, 0.3) is 0 Å². The summed E-state index contributed by atoms with van der Waals surface area (Å²) in [5.74, 6) is 0. The minimum Gasteiger partial charge on any atom is -0.202 e. The van der Waals surface area contributed by atoms with E-state index in [1.54, 1.807) is 13.8 Å². The predicted octanol–water partition coefficient (Wildman–Crippen LogP) is 2.50. The Morgan fingerprint density at radius 3 is 2.53 bits per heavy atom. The van der Waals surface area contributed by atoms with Gasteiger partial charge in [-0.25, -0.2) is 4.72 Å². The lowest BCUT2D eigenvalue weighted by molar-refractivity contribution is 0.551. The predicted molar refractivity (Wildman–Crippen MR) is 79.6 cm³/mol. The Morgan fingerprint density at radius 1 is 1.21 bits per heavy atom. The number of benzene rings is 1. The maximum Gasteiger partial charge on any atom is 0.277 e. The first kappa shape index (κ1) is 16.4. The fraction of sp³-hybridized carbons (Fsp3) is 0.538. The lowest BCUT2D eigenvalue weighted by atomic mass is 10.1. The summed E-state index contributed by atoms with van der Waals surface area (Å²) in [5, 5.41) is 0.768. The highest BCUT2D eigenvalue weighted by Crippen LogP contribution is 2.16. The summed E-state index contributed by atoms with van der Waals surface area (Å²) in [5.41, 5.74) is 1.10. The third-order valence-corrected chi connectivity index (χ3v) is 4.25. The highest BCUT2D eigenvalue weighted by atomic mass is 35.5. The van der Waals surface area contributed by atoms with Crippen molar-refractivity contribution < 1.29 is 8.42 Å². The molecular weight excluding hydrogens is 284 g/mol.